The summed E-state index contributed by atoms with van der Waals surface area (Å²) in [5, 5.41) is 19.1. The molecule has 0 aliphatic rings. The Bertz CT molecular complexity index is 4440. The van der Waals surface area contributed by atoms with Crippen molar-refractivity contribution < 1.29 is 0 Å². The summed E-state index contributed by atoms with van der Waals surface area (Å²) in [7, 11) is 0. The Labute approximate surface area is 391 Å². The van der Waals surface area contributed by atoms with E-state index >= 15 is 0 Å². The molecular weight excluding hydrogens is 825 g/mol. The van der Waals surface area contributed by atoms with Crippen LogP contribution in [0.5, 0.6) is 0 Å². The predicted molar refractivity (Wildman–Crippen MR) is 288 cm³/mol. The van der Waals surface area contributed by atoms with Crippen LogP contribution in [0.15, 0.2) is 224 Å². The molecule has 4 nitrogen and oxygen atoms in total. The molecule has 314 valence electrons. The van der Waals surface area contributed by atoms with Crippen LogP contribution in [0, 0.1) is 6.57 Å². The molecule has 0 unspecified atom stereocenters. The second kappa shape index (κ2) is 14.9. The molecule has 0 fully saturated rings. The molecule has 0 spiro atoms. The van der Waals surface area contributed by atoms with Gasteiger partial charge in [-0.15, -0.1) is 0 Å². The van der Waals surface area contributed by atoms with Crippen molar-refractivity contribution in [3.8, 4) is 5.69 Å². The third-order valence-corrected chi connectivity index (χ3v) is 14.0. The van der Waals surface area contributed by atoms with Gasteiger partial charge in [-0.2, -0.15) is 0 Å². The van der Waals surface area contributed by atoms with Gasteiger partial charge in [0, 0.05) is 22.1 Å². The highest BCUT2D eigenvalue weighted by atomic mass is 15.1. The number of rotatable bonds is 6. The Morgan fingerprint density at radius 1 is 0.426 bits per heavy atom. The minimum absolute atomic E-state index is 0.461. The highest BCUT2D eigenvalue weighted by molar-refractivity contribution is 6.25. The fourth-order valence-electron chi connectivity index (χ4n) is 10.8. The summed E-state index contributed by atoms with van der Waals surface area (Å²) in [6.07, 6.45) is 1.99. The fourth-order valence-corrected chi connectivity index (χ4v) is 10.8. The van der Waals surface area contributed by atoms with Crippen molar-refractivity contribution in [1.82, 2.24) is 9.55 Å². The molecule has 1 aromatic heterocycles. The van der Waals surface area contributed by atoms with E-state index in [4.69, 9.17) is 11.6 Å². The van der Waals surface area contributed by atoms with Crippen LogP contribution >= 0.6 is 0 Å². The first-order valence-electron chi connectivity index (χ1n) is 23.0. The van der Waals surface area contributed by atoms with Gasteiger partial charge in [0.15, 0.2) is 0 Å². The summed E-state index contributed by atoms with van der Waals surface area (Å²) in [6.45, 7) is 8.75. The maximum atomic E-state index is 8.75. The predicted octanol–water partition coefficient (Wildman–Crippen LogP) is 17.6. The van der Waals surface area contributed by atoms with E-state index in [1.165, 1.54) is 70.0 Å². The number of aromatic nitrogens is 2. The zero-order valence-electron chi connectivity index (χ0n) is 36.7. The topological polar surface area (TPSA) is 25.4 Å². The molecule has 0 aliphatic heterocycles. The second-order valence-electron chi connectivity index (χ2n) is 17.9. The number of fused-ring (bicyclic) bond motifs is 7. The normalized spacial score (nSPS) is 12.2. The second-order valence-corrected chi connectivity index (χ2v) is 17.9. The van der Waals surface area contributed by atoms with Crippen LogP contribution in [0.3, 0.4) is 0 Å². The smallest absolute Gasteiger partial charge is 0.229 e. The van der Waals surface area contributed by atoms with E-state index in [1.54, 1.807) is 0 Å². The van der Waals surface area contributed by atoms with Crippen LogP contribution in [0.2, 0.25) is 0 Å². The maximum Gasteiger partial charge on any atom is 0.229 e. The molecule has 13 aromatic carbocycles. The van der Waals surface area contributed by atoms with Gasteiger partial charge in [0.25, 0.3) is 0 Å². The van der Waals surface area contributed by atoms with Gasteiger partial charge in [-0.3, -0.25) is 0 Å². The van der Waals surface area contributed by atoms with E-state index in [2.05, 4.69) is 239 Å². The van der Waals surface area contributed by atoms with Gasteiger partial charge in [-0.25, -0.2) is 9.83 Å². The Balaban J connectivity index is 0.948. The van der Waals surface area contributed by atoms with Crippen molar-refractivity contribution in [3.05, 3.63) is 247 Å². The number of hydrogen-bond donors (Lipinski definition) is 0. The van der Waals surface area contributed by atoms with E-state index in [1.807, 2.05) is 6.08 Å². The van der Waals surface area contributed by atoms with Crippen LogP contribution in [-0.2, 0) is 0 Å². The Morgan fingerprint density at radius 3 is 1.74 bits per heavy atom. The van der Waals surface area contributed by atoms with E-state index in [0.717, 1.165) is 55.5 Å². The molecule has 0 aliphatic carbocycles. The van der Waals surface area contributed by atoms with Crippen LogP contribution < -0.4 is 4.90 Å². The summed E-state index contributed by atoms with van der Waals surface area (Å²) < 4.78 is 2.21. The Kier molecular flexibility index (Phi) is 8.31. The third kappa shape index (κ3) is 5.90. The van der Waals surface area contributed by atoms with Crippen molar-refractivity contribution >= 4 is 126 Å². The monoisotopic (exact) mass is 862 g/mol. The molecule has 0 saturated carbocycles. The number of imidazole rings is 1. The lowest BCUT2D eigenvalue weighted by atomic mass is 9.93. The van der Waals surface area contributed by atoms with Crippen LogP contribution in [0.4, 0.5) is 17.1 Å². The summed E-state index contributed by atoms with van der Waals surface area (Å²) in [4.78, 5) is 11.9. The van der Waals surface area contributed by atoms with Gasteiger partial charge >= 0.3 is 0 Å². The highest BCUT2D eigenvalue weighted by Gasteiger charge is 2.22. The molecule has 4 heteroatoms. The molecule has 0 bridgehead atoms. The van der Waals surface area contributed by atoms with E-state index in [-0.39, 0.29) is 0 Å². The van der Waals surface area contributed by atoms with E-state index in [0.29, 0.717) is 11.5 Å². The minimum Gasteiger partial charge on any atom is -0.310 e. The Morgan fingerprint density at radius 2 is 0.985 bits per heavy atom. The van der Waals surface area contributed by atoms with Crippen LogP contribution in [0.1, 0.15) is 11.4 Å². The van der Waals surface area contributed by atoms with Crippen molar-refractivity contribution in [1.29, 1.82) is 0 Å². The van der Waals surface area contributed by atoms with Crippen LogP contribution in [-0.4, -0.2) is 9.55 Å². The van der Waals surface area contributed by atoms with Crippen molar-refractivity contribution in [2.75, 3.05) is 4.90 Å². The summed E-state index contributed by atoms with van der Waals surface area (Å²) >= 11 is 0. The standard InChI is InChI=1S/C64H38N4/c1-65-58(64-66-57-37-46-13-4-5-14-47(46)38-61(57)68(64)59-32-27-43-24-23-41-16-10-17-42-26-31-56(59)63(43)62(41)42)33-40-21-28-51(29-22-40)67(52-30-25-48-34-44-11-2-3-12-45(44)35-50(48)36-52)60-39-49-15-6-7-18-53(49)54-19-8-9-20-55(54)60/h2-39H/b58-33-. The van der Waals surface area contributed by atoms with Gasteiger partial charge < -0.3 is 9.47 Å². The lowest BCUT2D eigenvalue weighted by Gasteiger charge is -2.28. The SMILES string of the molecule is [C-]#[N+]/C(=C\c1ccc(N(c2ccc3cc4ccccc4cc3c2)c2cc3ccccc3c3ccccc23)cc1)c1nc2cc3ccccc3cc2n1-c1ccc2ccc3cccc4ccc1c2c34. The molecule has 0 N–H and O–H groups in total. The largest absolute Gasteiger partial charge is 0.310 e. The average Bonchev–Trinajstić information content (AvgIpc) is 3.76. The van der Waals surface area contributed by atoms with Gasteiger partial charge in [0.05, 0.1) is 29.0 Å². The molecule has 14 aromatic rings. The number of nitrogens with zero attached hydrogens (tertiary/aromatic N) is 4. The molecule has 0 atom stereocenters. The van der Waals surface area contributed by atoms with Gasteiger partial charge in [0.1, 0.15) is 5.82 Å². The van der Waals surface area contributed by atoms with Crippen LogP contribution in [0.25, 0.3) is 120 Å². The lowest BCUT2D eigenvalue weighted by molar-refractivity contribution is 1.07. The zero-order chi connectivity index (χ0) is 44.9. The van der Waals surface area contributed by atoms with Gasteiger partial charge in [-0.1, -0.05) is 164 Å². The van der Waals surface area contributed by atoms with Crippen molar-refractivity contribution in [2.24, 2.45) is 0 Å². The highest BCUT2D eigenvalue weighted by Crippen LogP contribution is 2.44. The molecule has 1 heterocycles. The molecular formula is C64H38N4. The lowest BCUT2D eigenvalue weighted by Crippen LogP contribution is -2.10. The van der Waals surface area contributed by atoms with E-state index in [9.17, 15) is 0 Å². The fraction of sp³-hybridized carbons (Fsp3) is 0. The molecule has 0 amide bonds. The third-order valence-electron chi connectivity index (χ3n) is 14.0. The first-order valence-corrected chi connectivity index (χ1v) is 23.0. The quantitative estimate of drug-likeness (QED) is 0.0945. The van der Waals surface area contributed by atoms with Gasteiger partial charge in [0.2, 0.25) is 5.70 Å². The molecule has 68 heavy (non-hydrogen) atoms. The number of anilines is 3. The first-order chi connectivity index (χ1) is 33.6. The average molecular weight is 863 g/mol. The molecule has 14 rings (SSSR count). The maximum absolute atomic E-state index is 8.75. The number of benzene rings is 13. The summed E-state index contributed by atoms with van der Waals surface area (Å²) in [6, 6.07) is 80.8. The zero-order valence-corrected chi connectivity index (χ0v) is 36.7. The molecule has 0 saturated heterocycles. The van der Waals surface area contributed by atoms with Crippen molar-refractivity contribution in [3.63, 3.8) is 0 Å². The minimum atomic E-state index is 0.461. The first kappa shape index (κ1) is 38.0. The van der Waals surface area contributed by atoms with Gasteiger partial charge in [-0.05, 0) is 148 Å². The molecule has 0 radical (unpaired) electrons. The van der Waals surface area contributed by atoms with E-state index < -0.39 is 0 Å². The summed E-state index contributed by atoms with van der Waals surface area (Å²) in [5.41, 5.74) is 7.34. The van der Waals surface area contributed by atoms with Crippen molar-refractivity contribution in [2.45, 2.75) is 0 Å². The number of hydrogen-bond acceptors (Lipinski definition) is 2. The Hall–Kier alpha value is -9.30. The summed E-state index contributed by atoms with van der Waals surface area (Å²) in [5.74, 6) is 0.609.